The molecule has 2 nitrogen and oxygen atoms in total. The second kappa shape index (κ2) is 3.92. The maximum absolute atomic E-state index is 4.47. The molecule has 0 aromatic heterocycles. The van der Waals surface area contributed by atoms with Crippen molar-refractivity contribution in [3.8, 4) is 0 Å². The zero-order valence-corrected chi connectivity index (χ0v) is 7.68. The van der Waals surface area contributed by atoms with Crippen LogP contribution in [0.3, 0.4) is 0 Å². The summed E-state index contributed by atoms with van der Waals surface area (Å²) in [7, 11) is 0. The van der Waals surface area contributed by atoms with Crippen molar-refractivity contribution < 1.29 is 0 Å². The van der Waals surface area contributed by atoms with Gasteiger partial charge in [-0.05, 0) is 38.5 Å². The molecule has 2 aliphatic carbocycles. The first-order valence-corrected chi connectivity index (χ1v) is 5.26. The smallest absolute Gasteiger partial charge is 0.0440 e. The number of rotatable bonds is 2. The highest BCUT2D eigenvalue weighted by molar-refractivity contribution is 5.85. The van der Waals surface area contributed by atoms with Crippen LogP contribution in [0.5, 0.6) is 0 Å². The van der Waals surface area contributed by atoms with E-state index in [4.69, 9.17) is 0 Å². The predicted molar refractivity (Wildman–Crippen MR) is 51.3 cm³/mol. The van der Waals surface area contributed by atoms with Crippen LogP contribution in [0, 0.1) is 0 Å². The van der Waals surface area contributed by atoms with Gasteiger partial charge in [0, 0.05) is 11.8 Å². The average molecular weight is 166 g/mol. The van der Waals surface area contributed by atoms with Crippen molar-refractivity contribution in [3.63, 3.8) is 0 Å². The standard InChI is InChI=1S/C10H18N2/c1-2-6-9(5-1)11-12-10-7-3-4-8-10/h9,11H,1-8H2. The minimum absolute atomic E-state index is 0.693. The lowest BCUT2D eigenvalue weighted by atomic mass is 10.3. The van der Waals surface area contributed by atoms with E-state index in [1.165, 1.54) is 57.1 Å². The lowest BCUT2D eigenvalue weighted by molar-refractivity contribution is 0.545. The van der Waals surface area contributed by atoms with Gasteiger partial charge in [0.05, 0.1) is 0 Å². The molecule has 2 heteroatoms. The van der Waals surface area contributed by atoms with E-state index in [1.807, 2.05) is 0 Å². The number of hydrazone groups is 1. The van der Waals surface area contributed by atoms with Gasteiger partial charge >= 0.3 is 0 Å². The first-order valence-electron chi connectivity index (χ1n) is 5.26. The second-order valence-electron chi connectivity index (χ2n) is 4.00. The van der Waals surface area contributed by atoms with Gasteiger partial charge in [0.2, 0.25) is 0 Å². The van der Waals surface area contributed by atoms with Crippen molar-refractivity contribution >= 4 is 5.71 Å². The van der Waals surface area contributed by atoms with Gasteiger partial charge in [-0.15, -0.1) is 0 Å². The molecule has 1 N–H and O–H groups in total. The van der Waals surface area contributed by atoms with Crippen molar-refractivity contribution in [1.29, 1.82) is 0 Å². The lowest BCUT2D eigenvalue weighted by Gasteiger charge is -2.08. The van der Waals surface area contributed by atoms with Gasteiger partial charge in [-0.1, -0.05) is 12.8 Å². The average Bonchev–Trinajstić information content (AvgIpc) is 2.74. The van der Waals surface area contributed by atoms with Gasteiger partial charge in [0.15, 0.2) is 0 Å². The summed E-state index contributed by atoms with van der Waals surface area (Å²) in [4.78, 5) is 0. The summed E-state index contributed by atoms with van der Waals surface area (Å²) >= 11 is 0. The Bertz CT molecular complexity index is 161. The highest BCUT2D eigenvalue weighted by atomic mass is 15.3. The Labute approximate surface area is 74.4 Å². The van der Waals surface area contributed by atoms with Gasteiger partial charge in [-0.2, -0.15) is 5.10 Å². The summed E-state index contributed by atoms with van der Waals surface area (Å²) in [5.74, 6) is 0. The van der Waals surface area contributed by atoms with E-state index < -0.39 is 0 Å². The molecule has 0 atom stereocenters. The Kier molecular flexibility index (Phi) is 2.64. The molecule has 0 aromatic carbocycles. The third-order valence-electron chi connectivity index (χ3n) is 2.94. The van der Waals surface area contributed by atoms with Crippen LogP contribution in [0.25, 0.3) is 0 Å². The van der Waals surface area contributed by atoms with Crippen LogP contribution in [0.4, 0.5) is 0 Å². The minimum Gasteiger partial charge on any atom is -0.307 e. The van der Waals surface area contributed by atoms with Crippen molar-refractivity contribution in [1.82, 2.24) is 5.43 Å². The van der Waals surface area contributed by atoms with Crippen LogP contribution < -0.4 is 5.43 Å². The lowest BCUT2D eigenvalue weighted by Crippen LogP contribution is -2.21. The van der Waals surface area contributed by atoms with Gasteiger partial charge in [0.1, 0.15) is 0 Å². The number of hydrogen-bond acceptors (Lipinski definition) is 2. The van der Waals surface area contributed by atoms with Gasteiger partial charge in [-0.3, -0.25) is 0 Å². The fourth-order valence-electron chi connectivity index (χ4n) is 2.13. The van der Waals surface area contributed by atoms with Gasteiger partial charge in [0.25, 0.3) is 0 Å². The van der Waals surface area contributed by atoms with E-state index in [0.29, 0.717) is 6.04 Å². The topological polar surface area (TPSA) is 24.4 Å². The molecular weight excluding hydrogens is 148 g/mol. The van der Waals surface area contributed by atoms with Crippen LogP contribution in [-0.4, -0.2) is 11.8 Å². The summed E-state index contributed by atoms with van der Waals surface area (Å²) in [6, 6.07) is 0.693. The van der Waals surface area contributed by atoms with Crippen molar-refractivity contribution in [2.24, 2.45) is 5.10 Å². The first kappa shape index (κ1) is 8.09. The summed E-state index contributed by atoms with van der Waals surface area (Å²) in [6.07, 6.45) is 10.6. The zero-order valence-electron chi connectivity index (χ0n) is 7.68. The predicted octanol–water partition coefficient (Wildman–Crippen LogP) is 2.45. The van der Waals surface area contributed by atoms with Crippen LogP contribution in [-0.2, 0) is 0 Å². The highest BCUT2D eigenvalue weighted by Crippen LogP contribution is 2.18. The normalized spacial score (nSPS) is 24.8. The molecule has 0 heterocycles. The second-order valence-corrected chi connectivity index (χ2v) is 4.00. The van der Waals surface area contributed by atoms with E-state index in [0.717, 1.165) is 0 Å². The van der Waals surface area contributed by atoms with E-state index >= 15 is 0 Å². The van der Waals surface area contributed by atoms with E-state index in [1.54, 1.807) is 0 Å². The fourth-order valence-corrected chi connectivity index (χ4v) is 2.13. The molecule has 2 fully saturated rings. The number of hydrogen-bond donors (Lipinski definition) is 1. The van der Waals surface area contributed by atoms with Crippen molar-refractivity contribution in [2.45, 2.75) is 57.4 Å². The maximum Gasteiger partial charge on any atom is 0.0440 e. The Hall–Kier alpha value is -0.530. The Morgan fingerprint density at radius 2 is 1.67 bits per heavy atom. The van der Waals surface area contributed by atoms with Crippen LogP contribution in [0.15, 0.2) is 5.10 Å². The van der Waals surface area contributed by atoms with Gasteiger partial charge < -0.3 is 5.43 Å². The first-order chi connectivity index (χ1) is 5.95. The number of nitrogens with one attached hydrogen (secondary N) is 1. The Morgan fingerprint density at radius 1 is 1.00 bits per heavy atom. The molecule has 0 saturated heterocycles. The number of nitrogens with zero attached hydrogens (tertiary/aromatic N) is 1. The third kappa shape index (κ3) is 1.99. The Morgan fingerprint density at radius 3 is 2.33 bits per heavy atom. The van der Waals surface area contributed by atoms with Crippen molar-refractivity contribution in [2.75, 3.05) is 0 Å². The van der Waals surface area contributed by atoms with Crippen LogP contribution >= 0.6 is 0 Å². The molecule has 0 amide bonds. The van der Waals surface area contributed by atoms with E-state index in [-0.39, 0.29) is 0 Å². The molecule has 0 aromatic rings. The quantitative estimate of drug-likeness (QED) is 0.626. The molecule has 0 unspecified atom stereocenters. The van der Waals surface area contributed by atoms with Gasteiger partial charge in [-0.25, -0.2) is 0 Å². The fraction of sp³-hybridized carbons (Fsp3) is 0.900. The van der Waals surface area contributed by atoms with E-state index in [2.05, 4.69) is 10.5 Å². The summed E-state index contributed by atoms with van der Waals surface area (Å²) in [5.41, 5.74) is 4.72. The SMILES string of the molecule is C1CCC(=NNC2CCCC2)C1. The molecule has 0 aliphatic heterocycles. The molecule has 0 radical (unpaired) electrons. The summed E-state index contributed by atoms with van der Waals surface area (Å²) < 4.78 is 0. The zero-order chi connectivity index (χ0) is 8.23. The van der Waals surface area contributed by atoms with Crippen LogP contribution in [0.1, 0.15) is 51.4 Å². The van der Waals surface area contributed by atoms with Crippen LogP contribution in [0.2, 0.25) is 0 Å². The molecule has 68 valence electrons. The third-order valence-corrected chi connectivity index (χ3v) is 2.94. The maximum atomic E-state index is 4.47. The highest BCUT2D eigenvalue weighted by Gasteiger charge is 2.14. The summed E-state index contributed by atoms with van der Waals surface area (Å²) in [6.45, 7) is 0. The van der Waals surface area contributed by atoms with E-state index in [9.17, 15) is 0 Å². The molecular formula is C10H18N2. The summed E-state index contributed by atoms with van der Waals surface area (Å²) in [5, 5.41) is 4.47. The Balaban J connectivity index is 1.75. The van der Waals surface area contributed by atoms with Crippen molar-refractivity contribution in [3.05, 3.63) is 0 Å². The minimum atomic E-state index is 0.693. The molecule has 12 heavy (non-hydrogen) atoms. The molecule has 0 bridgehead atoms. The molecule has 0 spiro atoms. The molecule has 2 aliphatic rings. The largest absolute Gasteiger partial charge is 0.307 e. The molecule has 2 rings (SSSR count). The monoisotopic (exact) mass is 166 g/mol. The molecule has 2 saturated carbocycles.